The fraction of sp³-hybridized carbons (Fsp3) is 0.111. The Hall–Kier alpha value is -2.93. The highest BCUT2D eigenvalue weighted by Gasteiger charge is 2.36. The first-order valence-corrected chi connectivity index (χ1v) is 8.32. The van der Waals surface area contributed by atoms with Gasteiger partial charge in [-0.05, 0) is 35.9 Å². The lowest BCUT2D eigenvalue weighted by molar-refractivity contribution is -0.385. The van der Waals surface area contributed by atoms with Crippen molar-refractivity contribution in [2.45, 2.75) is 13.5 Å². The van der Waals surface area contributed by atoms with E-state index in [4.69, 9.17) is 0 Å². The second kappa shape index (κ2) is 6.90. The Balaban J connectivity index is 1.88. The number of para-hydroxylation sites is 1. The van der Waals surface area contributed by atoms with Gasteiger partial charge in [0.15, 0.2) is 0 Å². The fourth-order valence-electron chi connectivity index (χ4n) is 2.52. The van der Waals surface area contributed by atoms with Crippen LogP contribution in [-0.4, -0.2) is 21.0 Å². The number of amides is 2. The van der Waals surface area contributed by atoms with Gasteiger partial charge in [0.25, 0.3) is 16.8 Å². The van der Waals surface area contributed by atoms with Crippen LogP contribution in [0.3, 0.4) is 0 Å². The van der Waals surface area contributed by atoms with E-state index in [0.29, 0.717) is 10.5 Å². The summed E-state index contributed by atoms with van der Waals surface area (Å²) in [5, 5.41) is 10.7. The minimum atomic E-state index is -0.516. The number of nitro groups is 1. The molecular formula is C18H14N2O4S. The molecule has 25 heavy (non-hydrogen) atoms. The molecule has 1 aliphatic heterocycles. The van der Waals surface area contributed by atoms with E-state index in [9.17, 15) is 19.7 Å². The Morgan fingerprint density at radius 1 is 1.12 bits per heavy atom. The molecule has 0 aliphatic carbocycles. The van der Waals surface area contributed by atoms with E-state index in [1.807, 2.05) is 31.2 Å². The molecule has 1 fully saturated rings. The number of aryl methyl sites for hydroxylation is 1. The van der Waals surface area contributed by atoms with Crippen molar-refractivity contribution in [2.24, 2.45) is 0 Å². The summed E-state index contributed by atoms with van der Waals surface area (Å²) in [7, 11) is 0. The molecule has 0 unspecified atom stereocenters. The molecule has 0 saturated carbocycles. The number of benzene rings is 2. The lowest BCUT2D eigenvalue weighted by atomic mass is 10.1. The average molecular weight is 354 g/mol. The van der Waals surface area contributed by atoms with E-state index in [1.165, 1.54) is 6.07 Å². The lowest BCUT2D eigenvalue weighted by Crippen LogP contribution is -2.27. The molecule has 0 N–H and O–H groups in total. The molecular weight excluding hydrogens is 340 g/mol. The molecule has 1 heterocycles. The summed E-state index contributed by atoms with van der Waals surface area (Å²) in [5.41, 5.74) is 2.07. The summed E-state index contributed by atoms with van der Waals surface area (Å²) in [6.45, 7) is 1.80. The van der Waals surface area contributed by atoms with E-state index >= 15 is 0 Å². The molecule has 2 amide bonds. The van der Waals surface area contributed by atoms with Gasteiger partial charge in [0.05, 0.1) is 16.4 Å². The number of thioether (sulfide) groups is 1. The second-order valence-corrected chi connectivity index (χ2v) is 6.50. The molecule has 2 aromatic rings. The van der Waals surface area contributed by atoms with E-state index in [2.05, 4.69) is 0 Å². The average Bonchev–Trinajstić information content (AvgIpc) is 2.85. The number of hydrogen-bond acceptors (Lipinski definition) is 5. The third kappa shape index (κ3) is 3.46. The third-order valence-corrected chi connectivity index (χ3v) is 4.77. The topological polar surface area (TPSA) is 80.5 Å². The molecule has 6 nitrogen and oxygen atoms in total. The van der Waals surface area contributed by atoms with Gasteiger partial charge in [-0.25, -0.2) is 0 Å². The van der Waals surface area contributed by atoms with Crippen LogP contribution in [0.15, 0.2) is 53.4 Å². The number of carbonyl (C=O) groups excluding carboxylic acids is 2. The van der Waals surface area contributed by atoms with Crippen molar-refractivity contribution < 1.29 is 14.5 Å². The predicted octanol–water partition coefficient (Wildman–Crippen LogP) is 4.14. The first-order chi connectivity index (χ1) is 12.0. The third-order valence-electron chi connectivity index (χ3n) is 3.87. The van der Waals surface area contributed by atoms with Gasteiger partial charge in [0.2, 0.25) is 0 Å². The minimum Gasteiger partial charge on any atom is -0.268 e. The largest absolute Gasteiger partial charge is 0.293 e. The van der Waals surface area contributed by atoms with Crippen LogP contribution in [0.25, 0.3) is 6.08 Å². The summed E-state index contributed by atoms with van der Waals surface area (Å²) in [4.78, 5) is 36.7. The molecule has 0 radical (unpaired) electrons. The molecule has 1 aliphatic rings. The summed E-state index contributed by atoms with van der Waals surface area (Å²) in [6.07, 6.45) is 1.68. The Labute approximate surface area is 148 Å². The zero-order valence-electron chi connectivity index (χ0n) is 13.3. The molecule has 0 bridgehead atoms. The van der Waals surface area contributed by atoms with Crippen LogP contribution in [0.4, 0.5) is 10.5 Å². The van der Waals surface area contributed by atoms with Crippen molar-refractivity contribution >= 4 is 34.7 Å². The number of imide groups is 1. The zero-order chi connectivity index (χ0) is 18.0. The molecule has 3 rings (SSSR count). The molecule has 0 aromatic heterocycles. The molecule has 7 heteroatoms. The summed E-state index contributed by atoms with van der Waals surface area (Å²) >= 11 is 0.848. The van der Waals surface area contributed by atoms with Gasteiger partial charge in [-0.3, -0.25) is 24.6 Å². The van der Waals surface area contributed by atoms with Crippen molar-refractivity contribution in [1.29, 1.82) is 0 Å². The van der Waals surface area contributed by atoms with Crippen LogP contribution < -0.4 is 0 Å². The minimum absolute atomic E-state index is 0.107. The summed E-state index contributed by atoms with van der Waals surface area (Å²) in [6, 6.07) is 13.6. The number of nitro benzene ring substituents is 1. The molecule has 1 saturated heterocycles. The Bertz CT molecular complexity index is 907. The molecule has 0 spiro atoms. The SMILES string of the molecule is Cc1ccccc1/C=C1/SC(=O)N(Cc2ccccc2[N+](=O)[O-])C1=O. The fourth-order valence-corrected chi connectivity index (χ4v) is 3.35. The summed E-state index contributed by atoms with van der Waals surface area (Å²) in [5.74, 6) is -0.434. The van der Waals surface area contributed by atoms with E-state index < -0.39 is 16.1 Å². The van der Waals surface area contributed by atoms with Gasteiger partial charge in [-0.1, -0.05) is 42.5 Å². The Morgan fingerprint density at radius 2 is 1.80 bits per heavy atom. The van der Waals surface area contributed by atoms with Gasteiger partial charge >= 0.3 is 0 Å². The van der Waals surface area contributed by atoms with Crippen molar-refractivity contribution in [3.63, 3.8) is 0 Å². The van der Waals surface area contributed by atoms with Crippen molar-refractivity contribution in [1.82, 2.24) is 4.90 Å². The highest BCUT2D eigenvalue weighted by atomic mass is 32.2. The first-order valence-electron chi connectivity index (χ1n) is 7.50. The maximum absolute atomic E-state index is 12.6. The van der Waals surface area contributed by atoms with Crippen molar-refractivity contribution in [3.05, 3.63) is 80.2 Å². The maximum Gasteiger partial charge on any atom is 0.293 e. The van der Waals surface area contributed by atoms with Crippen LogP contribution in [-0.2, 0) is 11.3 Å². The van der Waals surface area contributed by atoms with E-state index in [0.717, 1.165) is 27.8 Å². The number of hydrogen-bond donors (Lipinski definition) is 0. The van der Waals surface area contributed by atoms with Crippen LogP contribution in [0.5, 0.6) is 0 Å². The monoisotopic (exact) mass is 354 g/mol. The van der Waals surface area contributed by atoms with E-state index in [-0.39, 0.29) is 12.2 Å². The van der Waals surface area contributed by atoms with Gasteiger partial charge in [-0.2, -0.15) is 0 Å². The highest BCUT2D eigenvalue weighted by molar-refractivity contribution is 8.18. The van der Waals surface area contributed by atoms with E-state index in [1.54, 1.807) is 24.3 Å². The summed E-state index contributed by atoms with van der Waals surface area (Å²) < 4.78 is 0. The van der Waals surface area contributed by atoms with Crippen LogP contribution in [0.2, 0.25) is 0 Å². The standard InChI is InChI=1S/C18H14N2O4S/c1-12-6-2-3-7-13(12)10-16-17(21)19(18(22)25-16)11-14-8-4-5-9-15(14)20(23)24/h2-10H,11H2,1H3/b16-10+. The van der Waals surface area contributed by atoms with Gasteiger partial charge < -0.3 is 0 Å². The second-order valence-electron chi connectivity index (χ2n) is 5.51. The smallest absolute Gasteiger partial charge is 0.268 e. The Kier molecular flexibility index (Phi) is 4.67. The van der Waals surface area contributed by atoms with Gasteiger partial charge in [0, 0.05) is 11.6 Å². The van der Waals surface area contributed by atoms with Gasteiger partial charge in [0.1, 0.15) is 0 Å². The molecule has 126 valence electrons. The number of rotatable bonds is 4. The Morgan fingerprint density at radius 3 is 2.52 bits per heavy atom. The predicted molar refractivity (Wildman–Crippen MR) is 95.8 cm³/mol. The quantitative estimate of drug-likeness (QED) is 0.468. The van der Waals surface area contributed by atoms with Crippen LogP contribution >= 0.6 is 11.8 Å². The van der Waals surface area contributed by atoms with Crippen molar-refractivity contribution in [2.75, 3.05) is 0 Å². The maximum atomic E-state index is 12.6. The highest BCUT2D eigenvalue weighted by Crippen LogP contribution is 2.34. The number of nitrogens with zero attached hydrogens (tertiary/aromatic N) is 2. The van der Waals surface area contributed by atoms with Gasteiger partial charge in [-0.15, -0.1) is 0 Å². The molecule has 2 aromatic carbocycles. The lowest BCUT2D eigenvalue weighted by Gasteiger charge is -2.12. The molecule has 0 atom stereocenters. The first kappa shape index (κ1) is 16.9. The van der Waals surface area contributed by atoms with Crippen LogP contribution in [0.1, 0.15) is 16.7 Å². The number of carbonyl (C=O) groups is 2. The normalized spacial score (nSPS) is 15.9. The van der Waals surface area contributed by atoms with Crippen molar-refractivity contribution in [3.8, 4) is 0 Å². The zero-order valence-corrected chi connectivity index (χ0v) is 14.2. The van der Waals surface area contributed by atoms with Crippen LogP contribution in [0, 0.1) is 17.0 Å².